The third-order valence-corrected chi connectivity index (χ3v) is 5.26. The standard InChI is InChI=1S/C20H14Cl2F3N3O2.C2H6/c1-19(11-12-2-4-16(5-3-12)30-20(23,24)25)17(29)28(18-26-6-7-27(18)19)15-9-13(21)8-14(22)10-15;1-2/h2-10H,11H2,1H3;1-2H3/t19-;/m1./s1. The molecule has 1 aliphatic heterocycles. The average molecular weight is 486 g/mol. The van der Waals surface area contributed by atoms with Gasteiger partial charge in [0.25, 0.3) is 5.91 Å². The summed E-state index contributed by atoms with van der Waals surface area (Å²) in [5, 5.41) is 0.745. The highest BCUT2D eigenvalue weighted by molar-refractivity contribution is 6.35. The van der Waals surface area contributed by atoms with E-state index >= 15 is 0 Å². The second-order valence-corrected chi connectivity index (χ2v) is 7.88. The molecule has 32 heavy (non-hydrogen) atoms. The summed E-state index contributed by atoms with van der Waals surface area (Å²) in [5.41, 5.74) is 0.0844. The number of nitrogens with zero attached hydrogens (tertiary/aromatic N) is 3. The Bertz CT molecular complexity index is 1100. The van der Waals surface area contributed by atoms with Crippen molar-refractivity contribution in [1.29, 1.82) is 0 Å². The molecule has 0 spiro atoms. The van der Waals surface area contributed by atoms with Gasteiger partial charge in [0.05, 0.1) is 5.69 Å². The second kappa shape index (κ2) is 9.03. The number of carbonyl (C=O) groups is 1. The number of halogens is 5. The van der Waals surface area contributed by atoms with Crippen LogP contribution in [0, 0.1) is 0 Å². The second-order valence-electron chi connectivity index (χ2n) is 7.01. The third kappa shape index (κ3) is 4.71. The van der Waals surface area contributed by atoms with E-state index in [0.717, 1.165) is 0 Å². The lowest BCUT2D eigenvalue weighted by atomic mass is 9.92. The van der Waals surface area contributed by atoms with Gasteiger partial charge in [0.1, 0.15) is 11.3 Å². The minimum Gasteiger partial charge on any atom is -0.406 e. The fourth-order valence-corrected chi connectivity index (χ4v) is 4.06. The summed E-state index contributed by atoms with van der Waals surface area (Å²) >= 11 is 12.2. The molecule has 2 heterocycles. The highest BCUT2D eigenvalue weighted by Gasteiger charge is 2.48. The summed E-state index contributed by atoms with van der Waals surface area (Å²) in [7, 11) is 0. The van der Waals surface area contributed by atoms with Crippen LogP contribution in [0.15, 0.2) is 54.9 Å². The number of alkyl halides is 3. The number of fused-ring (bicyclic) bond motifs is 1. The number of imidazole rings is 1. The van der Waals surface area contributed by atoms with Crippen molar-refractivity contribution in [1.82, 2.24) is 9.55 Å². The molecule has 0 radical (unpaired) electrons. The molecule has 170 valence electrons. The lowest BCUT2D eigenvalue weighted by molar-refractivity contribution is -0.274. The Labute approximate surface area is 193 Å². The SMILES string of the molecule is CC.C[C@@]1(Cc2ccc(OC(F)(F)F)cc2)C(=O)N(c2cc(Cl)cc(Cl)c2)c2nccn21. The minimum absolute atomic E-state index is 0.228. The number of aromatic nitrogens is 2. The van der Waals surface area contributed by atoms with Gasteiger partial charge < -0.3 is 9.30 Å². The first kappa shape index (κ1) is 23.9. The Hall–Kier alpha value is -2.71. The van der Waals surface area contributed by atoms with Crippen LogP contribution in [0.1, 0.15) is 26.3 Å². The molecular weight excluding hydrogens is 466 g/mol. The molecule has 5 nitrogen and oxygen atoms in total. The van der Waals surface area contributed by atoms with E-state index in [9.17, 15) is 18.0 Å². The Kier molecular flexibility index (Phi) is 6.76. The summed E-state index contributed by atoms with van der Waals surface area (Å²) in [6, 6.07) is 10.2. The highest BCUT2D eigenvalue weighted by atomic mass is 35.5. The molecule has 2 aromatic carbocycles. The molecule has 0 bridgehead atoms. The zero-order chi connectivity index (χ0) is 23.7. The molecule has 0 fully saturated rings. The van der Waals surface area contributed by atoms with Gasteiger partial charge in [0, 0.05) is 28.9 Å². The molecule has 0 saturated carbocycles. The van der Waals surface area contributed by atoms with Gasteiger partial charge >= 0.3 is 6.36 Å². The van der Waals surface area contributed by atoms with Gasteiger partial charge in [-0.3, -0.25) is 4.79 Å². The highest BCUT2D eigenvalue weighted by Crippen LogP contribution is 2.42. The van der Waals surface area contributed by atoms with E-state index in [-0.39, 0.29) is 18.1 Å². The van der Waals surface area contributed by atoms with Gasteiger partial charge in [0.15, 0.2) is 0 Å². The quantitative estimate of drug-likeness (QED) is 0.410. The van der Waals surface area contributed by atoms with Crippen molar-refractivity contribution in [3.63, 3.8) is 0 Å². The molecule has 1 amide bonds. The number of amides is 1. The van der Waals surface area contributed by atoms with Crippen molar-refractivity contribution in [3.8, 4) is 5.75 Å². The normalized spacial score (nSPS) is 17.6. The monoisotopic (exact) mass is 485 g/mol. The van der Waals surface area contributed by atoms with E-state index in [4.69, 9.17) is 23.2 Å². The van der Waals surface area contributed by atoms with Crippen molar-refractivity contribution in [2.45, 2.75) is 39.1 Å². The zero-order valence-corrected chi connectivity index (χ0v) is 19.0. The number of hydrogen-bond donors (Lipinski definition) is 0. The number of benzene rings is 2. The maximum atomic E-state index is 13.4. The van der Waals surface area contributed by atoms with Crippen molar-refractivity contribution in [3.05, 3.63) is 70.5 Å². The van der Waals surface area contributed by atoms with E-state index in [2.05, 4.69) is 9.72 Å². The Morgan fingerprint density at radius 1 is 1.06 bits per heavy atom. The molecule has 10 heteroatoms. The molecule has 1 aliphatic rings. The summed E-state index contributed by atoms with van der Waals surface area (Å²) < 4.78 is 42.7. The minimum atomic E-state index is -4.76. The smallest absolute Gasteiger partial charge is 0.406 e. The topological polar surface area (TPSA) is 47.4 Å². The molecule has 4 rings (SSSR count). The van der Waals surface area contributed by atoms with Crippen molar-refractivity contribution < 1.29 is 22.7 Å². The summed E-state index contributed by atoms with van der Waals surface area (Å²) in [5.74, 6) is -0.190. The van der Waals surface area contributed by atoms with Gasteiger partial charge in [-0.15, -0.1) is 13.2 Å². The predicted octanol–water partition coefficient (Wildman–Crippen LogP) is 6.75. The maximum Gasteiger partial charge on any atom is 0.573 e. The van der Waals surface area contributed by atoms with Gasteiger partial charge in [0.2, 0.25) is 5.95 Å². The molecule has 0 saturated heterocycles. The third-order valence-electron chi connectivity index (χ3n) is 4.83. The van der Waals surface area contributed by atoms with Crippen LogP contribution in [-0.2, 0) is 16.8 Å². The molecule has 0 unspecified atom stereocenters. The Morgan fingerprint density at radius 3 is 2.22 bits per heavy atom. The predicted molar refractivity (Wildman–Crippen MR) is 118 cm³/mol. The van der Waals surface area contributed by atoms with Crippen LogP contribution in [-0.4, -0.2) is 21.8 Å². The van der Waals surface area contributed by atoms with Gasteiger partial charge in [-0.2, -0.15) is 0 Å². The van der Waals surface area contributed by atoms with Gasteiger partial charge in [-0.25, -0.2) is 9.88 Å². The Balaban J connectivity index is 0.00000141. The number of anilines is 2. The molecule has 3 aromatic rings. The van der Waals surface area contributed by atoms with Crippen LogP contribution >= 0.6 is 23.2 Å². The maximum absolute atomic E-state index is 13.4. The summed E-state index contributed by atoms with van der Waals surface area (Å²) in [4.78, 5) is 19.2. The first-order chi connectivity index (χ1) is 15.1. The number of hydrogen-bond acceptors (Lipinski definition) is 3. The van der Waals surface area contributed by atoms with Gasteiger partial charge in [-0.1, -0.05) is 49.2 Å². The van der Waals surface area contributed by atoms with Crippen LogP contribution in [0.4, 0.5) is 24.8 Å². The first-order valence-electron chi connectivity index (χ1n) is 9.76. The molecule has 1 aromatic heterocycles. The first-order valence-corrected chi connectivity index (χ1v) is 10.5. The van der Waals surface area contributed by atoms with Crippen LogP contribution in [0.2, 0.25) is 10.0 Å². The Morgan fingerprint density at radius 2 is 1.66 bits per heavy atom. The van der Waals surface area contributed by atoms with E-state index in [1.54, 1.807) is 42.1 Å². The molecule has 0 N–H and O–H groups in total. The largest absolute Gasteiger partial charge is 0.573 e. The van der Waals surface area contributed by atoms with Crippen LogP contribution in [0.5, 0.6) is 5.75 Å². The lowest BCUT2D eigenvalue weighted by Crippen LogP contribution is -2.40. The van der Waals surface area contributed by atoms with E-state index < -0.39 is 11.9 Å². The zero-order valence-electron chi connectivity index (χ0n) is 17.5. The van der Waals surface area contributed by atoms with E-state index in [1.165, 1.54) is 29.2 Å². The number of ether oxygens (including phenoxy) is 1. The van der Waals surface area contributed by atoms with Crippen LogP contribution in [0.25, 0.3) is 0 Å². The van der Waals surface area contributed by atoms with Crippen molar-refractivity contribution >= 4 is 40.7 Å². The van der Waals surface area contributed by atoms with Gasteiger partial charge in [-0.05, 0) is 42.8 Å². The lowest BCUT2D eigenvalue weighted by Gasteiger charge is -2.25. The fraction of sp³-hybridized carbons (Fsp3) is 0.273. The van der Waals surface area contributed by atoms with Crippen LogP contribution < -0.4 is 9.64 Å². The summed E-state index contributed by atoms with van der Waals surface area (Å²) in [6.45, 7) is 5.74. The van der Waals surface area contributed by atoms with E-state index in [0.29, 0.717) is 27.2 Å². The number of carbonyl (C=O) groups excluding carboxylic acids is 1. The summed E-state index contributed by atoms with van der Waals surface area (Å²) in [6.07, 6.45) is -1.29. The average Bonchev–Trinajstić information content (AvgIpc) is 3.26. The number of rotatable bonds is 4. The van der Waals surface area contributed by atoms with E-state index in [1.807, 2.05) is 13.8 Å². The molecule has 0 aliphatic carbocycles. The van der Waals surface area contributed by atoms with Crippen LogP contribution in [0.3, 0.4) is 0 Å². The van der Waals surface area contributed by atoms with Crippen molar-refractivity contribution in [2.75, 3.05) is 4.90 Å². The molecular formula is C22H20Cl2F3N3O2. The molecule has 1 atom stereocenters. The van der Waals surface area contributed by atoms with Crippen molar-refractivity contribution in [2.24, 2.45) is 0 Å². The fourth-order valence-electron chi connectivity index (χ4n) is 3.55.